The van der Waals surface area contributed by atoms with Crippen LogP contribution in [-0.4, -0.2) is 49.0 Å². The standard InChI is InChI=1S/C24H28ClN3O3/c1-24(2,3)15-30-22(29)13-17-14-28(11-10-26-17)23-18-6-4-5-7-20(18)31-21-9-8-16(25)12-19(21)27-23/h4-9,12,17,26H,10-11,13-15H2,1-3H3/t17-/m0/s1. The van der Waals surface area contributed by atoms with Crippen molar-refractivity contribution < 1.29 is 14.3 Å². The molecule has 0 radical (unpaired) electrons. The maximum Gasteiger partial charge on any atom is 0.307 e. The van der Waals surface area contributed by atoms with E-state index in [4.69, 9.17) is 26.1 Å². The van der Waals surface area contributed by atoms with Gasteiger partial charge in [-0.2, -0.15) is 0 Å². The van der Waals surface area contributed by atoms with Crippen molar-refractivity contribution in [1.29, 1.82) is 0 Å². The lowest BCUT2D eigenvalue weighted by atomic mass is 9.99. The second-order valence-electron chi connectivity index (χ2n) is 9.17. The van der Waals surface area contributed by atoms with Crippen LogP contribution in [0.2, 0.25) is 5.02 Å². The molecule has 164 valence electrons. The van der Waals surface area contributed by atoms with Crippen LogP contribution in [0.1, 0.15) is 32.8 Å². The van der Waals surface area contributed by atoms with E-state index in [1.807, 2.05) is 36.4 Å². The maximum absolute atomic E-state index is 12.3. The predicted molar refractivity (Wildman–Crippen MR) is 123 cm³/mol. The van der Waals surface area contributed by atoms with Crippen LogP contribution in [0.25, 0.3) is 0 Å². The molecule has 0 bridgehead atoms. The Kier molecular flexibility index (Phi) is 6.21. The minimum absolute atomic E-state index is 0.0147. The van der Waals surface area contributed by atoms with Crippen LogP contribution in [0, 0.1) is 5.41 Å². The van der Waals surface area contributed by atoms with Crippen LogP contribution >= 0.6 is 11.6 Å². The Morgan fingerprint density at radius 2 is 2.06 bits per heavy atom. The van der Waals surface area contributed by atoms with E-state index in [1.54, 1.807) is 6.07 Å². The molecule has 1 saturated heterocycles. The number of ether oxygens (including phenoxy) is 2. The average molecular weight is 442 g/mol. The Hall–Kier alpha value is -2.57. The number of hydrogen-bond acceptors (Lipinski definition) is 6. The van der Waals surface area contributed by atoms with E-state index in [0.717, 1.165) is 30.2 Å². The quantitative estimate of drug-likeness (QED) is 0.694. The smallest absolute Gasteiger partial charge is 0.307 e. The molecule has 2 aliphatic heterocycles. The first-order valence-corrected chi connectivity index (χ1v) is 11.0. The normalized spacial score (nSPS) is 18.3. The number of benzene rings is 2. The van der Waals surface area contributed by atoms with Gasteiger partial charge in [0.15, 0.2) is 5.75 Å². The average Bonchev–Trinajstić information content (AvgIpc) is 2.88. The van der Waals surface area contributed by atoms with Crippen LogP contribution in [0.3, 0.4) is 0 Å². The fraction of sp³-hybridized carbons (Fsp3) is 0.417. The highest BCUT2D eigenvalue weighted by atomic mass is 35.5. The molecule has 2 aromatic carbocycles. The molecule has 2 aromatic rings. The van der Waals surface area contributed by atoms with Crippen LogP contribution < -0.4 is 10.1 Å². The largest absolute Gasteiger partial charge is 0.465 e. The lowest BCUT2D eigenvalue weighted by Crippen LogP contribution is -2.53. The van der Waals surface area contributed by atoms with E-state index in [9.17, 15) is 4.79 Å². The second-order valence-corrected chi connectivity index (χ2v) is 9.60. The van der Waals surface area contributed by atoms with Crippen LogP contribution in [0.5, 0.6) is 11.5 Å². The summed E-state index contributed by atoms with van der Waals surface area (Å²) < 4.78 is 11.6. The van der Waals surface area contributed by atoms with Gasteiger partial charge < -0.3 is 19.7 Å². The first kappa shape index (κ1) is 21.7. The van der Waals surface area contributed by atoms with Crippen molar-refractivity contribution in [3.63, 3.8) is 0 Å². The zero-order valence-electron chi connectivity index (χ0n) is 18.2. The topological polar surface area (TPSA) is 63.2 Å². The van der Waals surface area contributed by atoms with E-state index >= 15 is 0 Å². The van der Waals surface area contributed by atoms with Crippen molar-refractivity contribution in [1.82, 2.24) is 10.2 Å². The highest BCUT2D eigenvalue weighted by Gasteiger charge is 2.28. The summed E-state index contributed by atoms with van der Waals surface area (Å²) >= 11 is 6.22. The number of halogens is 1. The molecule has 0 spiro atoms. The first-order chi connectivity index (χ1) is 14.8. The van der Waals surface area contributed by atoms with E-state index in [1.165, 1.54) is 0 Å². The van der Waals surface area contributed by atoms with Gasteiger partial charge in [0.2, 0.25) is 0 Å². The Bertz CT molecular complexity index is 1000. The Morgan fingerprint density at radius 3 is 2.87 bits per heavy atom. The lowest BCUT2D eigenvalue weighted by molar-refractivity contribution is -0.147. The van der Waals surface area contributed by atoms with Gasteiger partial charge in [-0.15, -0.1) is 0 Å². The molecule has 6 nitrogen and oxygen atoms in total. The van der Waals surface area contributed by atoms with Crippen molar-refractivity contribution >= 4 is 29.1 Å². The van der Waals surface area contributed by atoms with Crippen LogP contribution in [0.4, 0.5) is 5.69 Å². The van der Waals surface area contributed by atoms with E-state index in [-0.39, 0.29) is 17.4 Å². The van der Waals surface area contributed by atoms with E-state index in [0.29, 0.717) is 36.0 Å². The third-order valence-electron chi connectivity index (χ3n) is 5.13. The Morgan fingerprint density at radius 1 is 1.26 bits per heavy atom. The Labute approximate surface area is 188 Å². The summed E-state index contributed by atoms with van der Waals surface area (Å²) in [5.74, 6) is 2.07. The first-order valence-electron chi connectivity index (χ1n) is 10.6. The molecule has 0 aromatic heterocycles. The van der Waals surface area contributed by atoms with Crippen molar-refractivity contribution in [2.24, 2.45) is 10.4 Å². The monoisotopic (exact) mass is 441 g/mol. The highest BCUT2D eigenvalue weighted by molar-refractivity contribution is 6.31. The van der Waals surface area contributed by atoms with E-state index in [2.05, 4.69) is 31.0 Å². The minimum Gasteiger partial charge on any atom is -0.465 e. The number of hydrogen-bond donors (Lipinski definition) is 1. The molecule has 1 fully saturated rings. The fourth-order valence-corrected chi connectivity index (χ4v) is 3.82. The lowest BCUT2D eigenvalue weighted by Gasteiger charge is -2.35. The summed E-state index contributed by atoms with van der Waals surface area (Å²) in [7, 11) is 0. The molecule has 1 N–H and O–H groups in total. The van der Waals surface area contributed by atoms with Crippen molar-refractivity contribution in [3.05, 3.63) is 53.1 Å². The predicted octanol–water partition coefficient (Wildman–Crippen LogP) is 4.78. The second kappa shape index (κ2) is 8.89. The van der Waals surface area contributed by atoms with Gasteiger partial charge >= 0.3 is 5.97 Å². The van der Waals surface area contributed by atoms with Gasteiger partial charge in [0.05, 0.1) is 18.6 Å². The summed E-state index contributed by atoms with van der Waals surface area (Å²) in [6, 6.07) is 13.3. The van der Waals surface area contributed by atoms with Gasteiger partial charge in [0.25, 0.3) is 0 Å². The van der Waals surface area contributed by atoms with Gasteiger partial charge in [-0.05, 0) is 35.7 Å². The summed E-state index contributed by atoms with van der Waals surface area (Å²) in [5.41, 5.74) is 1.57. The number of para-hydroxylation sites is 1. The zero-order chi connectivity index (χ0) is 22.0. The number of nitrogens with one attached hydrogen (secondary N) is 1. The molecule has 7 heteroatoms. The SMILES string of the molecule is CC(C)(C)COC(=O)C[C@H]1CN(C2=Nc3cc(Cl)ccc3Oc3ccccc32)CCN1. The third kappa shape index (κ3) is 5.38. The van der Waals surface area contributed by atoms with Crippen molar-refractivity contribution in [2.75, 3.05) is 26.2 Å². The molecule has 0 saturated carbocycles. The number of piperazine rings is 1. The van der Waals surface area contributed by atoms with Crippen LogP contribution in [0.15, 0.2) is 47.5 Å². The molecular weight excluding hydrogens is 414 g/mol. The summed E-state index contributed by atoms with van der Waals surface area (Å²) in [6.45, 7) is 8.74. The number of aliphatic imine (C=N–C) groups is 1. The minimum atomic E-state index is -0.182. The number of carbonyl (C=O) groups is 1. The number of nitrogens with zero attached hydrogens (tertiary/aromatic N) is 2. The molecule has 2 heterocycles. The van der Waals surface area contributed by atoms with Gasteiger partial charge in [-0.25, -0.2) is 4.99 Å². The molecule has 4 rings (SSSR count). The molecule has 2 aliphatic rings. The molecule has 31 heavy (non-hydrogen) atoms. The number of amidine groups is 1. The number of carbonyl (C=O) groups excluding carboxylic acids is 1. The van der Waals surface area contributed by atoms with Crippen molar-refractivity contribution in [3.8, 4) is 11.5 Å². The molecule has 0 amide bonds. The summed E-state index contributed by atoms with van der Waals surface area (Å²) in [6.07, 6.45) is 0.320. The number of esters is 1. The number of fused-ring (bicyclic) bond motifs is 2. The van der Waals surface area contributed by atoms with Crippen molar-refractivity contribution in [2.45, 2.75) is 33.2 Å². The van der Waals surface area contributed by atoms with Gasteiger partial charge in [0, 0.05) is 30.7 Å². The zero-order valence-corrected chi connectivity index (χ0v) is 18.9. The molecule has 0 aliphatic carbocycles. The van der Waals surface area contributed by atoms with E-state index < -0.39 is 0 Å². The third-order valence-corrected chi connectivity index (χ3v) is 5.36. The maximum atomic E-state index is 12.3. The number of rotatable bonds is 3. The Balaban J connectivity index is 1.56. The van der Waals surface area contributed by atoms with Gasteiger partial charge in [0.1, 0.15) is 17.3 Å². The molecule has 0 unspecified atom stereocenters. The molecule has 1 atom stereocenters. The molecular formula is C24H28ClN3O3. The summed E-state index contributed by atoms with van der Waals surface area (Å²) in [4.78, 5) is 19.5. The van der Waals surface area contributed by atoms with Crippen LogP contribution in [-0.2, 0) is 9.53 Å². The van der Waals surface area contributed by atoms with Gasteiger partial charge in [-0.3, -0.25) is 4.79 Å². The van der Waals surface area contributed by atoms with Gasteiger partial charge in [-0.1, -0.05) is 44.5 Å². The fourth-order valence-electron chi connectivity index (χ4n) is 3.65. The summed E-state index contributed by atoms with van der Waals surface area (Å²) in [5, 5.41) is 4.04. The highest BCUT2D eigenvalue weighted by Crippen LogP contribution is 2.39.